The van der Waals surface area contributed by atoms with Gasteiger partial charge in [-0.15, -0.1) is 0 Å². The van der Waals surface area contributed by atoms with Crippen LogP contribution in [0.2, 0.25) is 0 Å². The first-order chi connectivity index (χ1) is 8.43. The summed E-state index contributed by atoms with van der Waals surface area (Å²) >= 11 is 0. The lowest BCUT2D eigenvalue weighted by molar-refractivity contribution is 0.424. The molecular formula is C13H17N2S2+. The quantitative estimate of drug-likeness (QED) is 0.508. The van der Waals surface area contributed by atoms with E-state index in [9.17, 15) is 0 Å². The van der Waals surface area contributed by atoms with Gasteiger partial charge in [0.05, 0.1) is 9.50 Å². The van der Waals surface area contributed by atoms with Gasteiger partial charge in [-0.2, -0.15) is 4.98 Å². The summed E-state index contributed by atoms with van der Waals surface area (Å²) in [4.78, 5) is 4.47. The zero-order chi connectivity index (χ0) is 11.5. The summed E-state index contributed by atoms with van der Waals surface area (Å²) in [6.07, 6.45) is 6.86. The van der Waals surface area contributed by atoms with Gasteiger partial charge in [-0.1, -0.05) is 31.4 Å². The lowest BCUT2D eigenvalue weighted by Gasteiger charge is -2.19. The second-order valence-electron chi connectivity index (χ2n) is 4.54. The number of hydrogen-bond donors (Lipinski definition) is 1. The number of nitrogens with one attached hydrogen (secondary N) is 1. The van der Waals surface area contributed by atoms with Crippen LogP contribution in [-0.4, -0.2) is 11.0 Å². The van der Waals surface area contributed by atoms with E-state index < -0.39 is 0 Å². The van der Waals surface area contributed by atoms with E-state index >= 15 is 0 Å². The summed E-state index contributed by atoms with van der Waals surface area (Å²) in [7, 11) is 1.97. The maximum absolute atomic E-state index is 4.47. The maximum atomic E-state index is 4.47. The number of para-hydroxylation sites is 1. The average Bonchev–Trinajstić information content (AvgIpc) is 2.81. The molecule has 1 aliphatic carbocycles. The van der Waals surface area contributed by atoms with Crippen molar-refractivity contribution in [2.75, 3.05) is 0 Å². The molecule has 1 aliphatic rings. The second kappa shape index (κ2) is 5.38. The summed E-state index contributed by atoms with van der Waals surface area (Å²) in [5.41, 5.74) is 3.24. The number of nitrogens with zero attached hydrogens (tertiary/aromatic N) is 1. The monoisotopic (exact) mass is 265 g/mol. The molecule has 1 N–H and O–H groups in total. The Bertz CT molecular complexity index is 489. The molecule has 0 aliphatic heterocycles. The van der Waals surface area contributed by atoms with Crippen LogP contribution >= 0.6 is 20.5 Å². The zero-order valence-electron chi connectivity index (χ0n) is 9.76. The third kappa shape index (κ3) is 2.64. The first-order valence-electron chi connectivity index (χ1n) is 6.22. The standard InChI is InChI=1S/C13H17N2S2/c1-2-6-11(7-3-1)15-16-17-10-14-12-8-4-5-9-13(12)17/h4-5,8-11,15H,1-3,6-7H2/q+1. The molecule has 4 heteroatoms. The summed E-state index contributed by atoms with van der Waals surface area (Å²) < 4.78 is 5.02. The largest absolute Gasteiger partial charge is 0.245 e. The Kier molecular flexibility index (Phi) is 3.64. The van der Waals surface area contributed by atoms with Crippen LogP contribution < -0.4 is 4.72 Å². The van der Waals surface area contributed by atoms with E-state index in [0.717, 1.165) is 5.52 Å². The zero-order valence-corrected chi connectivity index (χ0v) is 11.4. The molecular weight excluding hydrogens is 248 g/mol. The van der Waals surface area contributed by atoms with Crippen LogP contribution in [0, 0.1) is 0 Å². The van der Waals surface area contributed by atoms with Crippen LogP contribution in [0.15, 0.2) is 29.8 Å². The van der Waals surface area contributed by atoms with Crippen LogP contribution in [-0.2, 0) is 0 Å². The van der Waals surface area contributed by atoms with Gasteiger partial charge in [0.2, 0.25) is 21.2 Å². The molecule has 3 rings (SSSR count). The predicted octanol–water partition coefficient (Wildman–Crippen LogP) is 4.32. The lowest BCUT2D eigenvalue weighted by Crippen LogP contribution is -2.24. The van der Waals surface area contributed by atoms with Crippen molar-refractivity contribution in [1.82, 2.24) is 9.71 Å². The molecule has 1 heterocycles. The van der Waals surface area contributed by atoms with E-state index in [1.54, 1.807) is 0 Å². The first kappa shape index (κ1) is 11.5. The van der Waals surface area contributed by atoms with Crippen LogP contribution in [0.5, 0.6) is 0 Å². The van der Waals surface area contributed by atoms with Crippen molar-refractivity contribution in [3.63, 3.8) is 0 Å². The Balaban J connectivity index is 1.68. The van der Waals surface area contributed by atoms with Gasteiger partial charge in [-0.3, -0.25) is 0 Å². The second-order valence-corrected chi connectivity index (χ2v) is 7.76. The van der Waals surface area contributed by atoms with Crippen molar-refractivity contribution in [2.24, 2.45) is 0 Å². The minimum absolute atomic E-state index is 0.110. The highest BCUT2D eigenvalue weighted by Gasteiger charge is 2.19. The summed E-state index contributed by atoms with van der Waals surface area (Å²) in [6, 6.07) is 9.17. The van der Waals surface area contributed by atoms with Crippen molar-refractivity contribution in [3.05, 3.63) is 29.8 Å². The van der Waals surface area contributed by atoms with E-state index in [2.05, 4.69) is 39.5 Å². The van der Waals surface area contributed by atoms with Crippen molar-refractivity contribution < 1.29 is 0 Å². The van der Waals surface area contributed by atoms with Crippen molar-refractivity contribution in [1.29, 1.82) is 0 Å². The van der Waals surface area contributed by atoms with Gasteiger partial charge in [0.25, 0.3) is 0 Å². The molecule has 1 fully saturated rings. The molecule has 0 amide bonds. The first-order valence-corrected chi connectivity index (χ1v) is 8.85. The van der Waals surface area contributed by atoms with Gasteiger partial charge < -0.3 is 0 Å². The Labute approximate surface area is 108 Å². The van der Waals surface area contributed by atoms with E-state index in [-0.39, 0.29) is 9.50 Å². The van der Waals surface area contributed by atoms with Crippen LogP contribution in [0.1, 0.15) is 32.1 Å². The molecule has 2 nitrogen and oxygen atoms in total. The van der Waals surface area contributed by atoms with E-state index in [1.807, 2.05) is 11.0 Å². The highest BCUT2D eigenvalue weighted by atomic mass is 33.1. The predicted molar refractivity (Wildman–Crippen MR) is 77.2 cm³/mol. The van der Waals surface area contributed by atoms with Gasteiger partial charge in [0.15, 0.2) is 0 Å². The average molecular weight is 265 g/mol. The van der Waals surface area contributed by atoms with E-state index in [1.165, 1.54) is 36.8 Å². The fourth-order valence-electron chi connectivity index (χ4n) is 2.30. The van der Waals surface area contributed by atoms with Gasteiger partial charge in [-0.05, 0) is 18.9 Å². The molecule has 1 saturated carbocycles. The lowest BCUT2D eigenvalue weighted by atomic mass is 9.96. The van der Waals surface area contributed by atoms with Crippen molar-refractivity contribution in [3.8, 4) is 0 Å². The fraction of sp³-hybridized carbons (Fsp3) is 0.462. The minimum Gasteiger partial charge on any atom is -0.212 e. The SMILES string of the molecule is c1ccc2c(c1)nc[s+]2SNC1CCCCC1. The molecule has 17 heavy (non-hydrogen) atoms. The molecule has 0 spiro atoms. The molecule has 1 aromatic heterocycles. The topological polar surface area (TPSA) is 24.9 Å². The van der Waals surface area contributed by atoms with Crippen LogP contribution in [0.3, 0.4) is 0 Å². The third-order valence-electron chi connectivity index (χ3n) is 3.28. The molecule has 0 radical (unpaired) electrons. The number of thiazole rings is 1. The molecule has 2 aromatic rings. The molecule has 1 unspecified atom stereocenters. The molecule has 1 atom stereocenters. The molecule has 90 valence electrons. The van der Waals surface area contributed by atoms with Gasteiger partial charge in [-0.25, -0.2) is 4.72 Å². The third-order valence-corrected chi connectivity index (χ3v) is 6.59. The number of benzene rings is 1. The number of fused-ring (bicyclic) bond motifs is 1. The summed E-state index contributed by atoms with van der Waals surface area (Å²) in [5, 5.41) is 0. The van der Waals surface area contributed by atoms with Crippen LogP contribution in [0.4, 0.5) is 0 Å². The smallest absolute Gasteiger partial charge is 0.212 e. The normalized spacial score (nSPS) is 18.7. The Morgan fingerprint density at radius 3 is 2.88 bits per heavy atom. The molecule has 0 saturated heterocycles. The molecule has 0 bridgehead atoms. The van der Waals surface area contributed by atoms with Gasteiger partial charge >= 0.3 is 0 Å². The van der Waals surface area contributed by atoms with Crippen LogP contribution in [0.25, 0.3) is 10.2 Å². The number of rotatable bonds is 3. The van der Waals surface area contributed by atoms with E-state index in [4.69, 9.17) is 0 Å². The number of aromatic nitrogens is 1. The van der Waals surface area contributed by atoms with Gasteiger partial charge in [0.1, 0.15) is 5.52 Å². The summed E-state index contributed by atoms with van der Waals surface area (Å²) in [6.45, 7) is 0. The van der Waals surface area contributed by atoms with E-state index in [0.29, 0.717) is 6.04 Å². The maximum Gasteiger partial charge on any atom is 0.245 e. The Morgan fingerprint density at radius 2 is 2.00 bits per heavy atom. The number of hydrogen-bond acceptors (Lipinski definition) is 3. The Morgan fingerprint density at radius 1 is 1.18 bits per heavy atom. The van der Waals surface area contributed by atoms with Crippen molar-refractivity contribution >= 4 is 30.7 Å². The highest BCUT2D eigenvalue weighted by Crippen LogP contribution is 2.38. The fourth-order valence-corrected chi connectivity index (χ4v) is 5.44. The summed E-state index contributed by atoms with van der Waals surface area (Å²) in [5.74, 6) is 0. The highest BCUT2D eigenvalue weighted by molar-refractivity contribution is 8.45. The van der Waals surface area contributed by atoms with Gasteiger partial charge in [0, 0.05) is 12.1 Å². The van der Waals surface area contributed by atoms with Crippen molar-refractivity contribution in [2.45, 2.75) is 38.1 Å². The minimum atomic E-state index is 0.110. The Hall–Kier alpha value is -0.580. The molecule has 1 aromatic carbocycles.